The second-order valence-electron chi connectivity index (χ2n) is 9.96. The zero-order valence-electron chi connectivity index (χ0n) is 22.6. The highest BCUT2D eigenvalue weighted by Gasteiger charge is 2.22. The van der Waals surface area contributed by atoms with E-state index in [2.05, 4.69) is 11.8 Å². The summed E-state index contributed by atoms with van der Waals surface area (Å²) in [6.45, 7) is 8.07. The number of morpholine rings is 1. The normalized spacial score (nSPS) is 14.0. The van der Waals surface area contributed by atoms with Crippen molar-refractivity contribution in [1.82, 2.24) is 14.7 Å². The van der Waals surface area contributed by atoms with E-state index in [0.717, 1.165) is 63.4 Å². The largest absolute Gasteiger partial charge is 0.467 e. The van der Waals surface area contributed by atoms with Crippen LogP contribution in [0.3, 0.4) is 0 Å². The first-order chi connectivity index (χ1) is 18.2. The minimum atomic E-state index is -0.0529. The third-order valence-corrected chi connectivity index (χ3v) is 6.92. The van der Waals surface area contributed by atoms with Gasteiger partial charge in [-0.1, -0.05) is 69.4 Å². The molecule has 0 spiro atoms. The first-order valence-corrected chi connectivity index (χ1v) is 14.1. The summed E-state index contributed by atoms with van der Waals surface area (Å²) in [4.78, 5) is 32.8. The number of hydrogen-bond donors (Lipinski definition) is 0. The lowest BCUT2D eigenvalue weighted by atomic mass is 10.1. The van der Waals surface area contributed by atoms with Crippen molar-refractivity contribution < 1.29 is 18.7 Å². The Labute approximate surface area is 222 Å². The lowest BCUT2D eigenvalue weighted by Gasteiger charge is -2.30. The van der Waals surface area contributed by atoms with E-state index in [4.69, 9.17) is 9.15 Å². The Kier molecular flexibility index (Phi) is 13.3. The fourth-order valence-electron chi connectivity index (χ4n) is 4.71. The van der Waals surface area contributed by atoms with E-state index < -0.39 is 0 Å². The summed E-state index contributed by atoms with van der Waals surface area (Å²) in [5.74, 6) is 0.771. The maximum Gasteiger partial charge on any atom is 0.242 e. The van der Waals surface area contributed by atoms with Crippen LogP contribution >= 0.6 is 0 Å². The SMILES string of the molecule is CCCCCCCCC(=O)N(CCCN1CCOCC1)CC(=O)N(Cc1ccccc1)Cc1ccco1. The summed E-state index contributed by atoms with van der Waals surface area (Å²) in [5.41, 5.74) is 1.06. The van der Waals surface area contributed by atoms with Crippen molar-refractivity contribution >= 4 is 11.8 Å². The zero-order valence-corrected chi connectivity index (χ0v) is 22.6. The molecule has 1 aromatic heterocycles. The Hall–Kier alpha value is -2.64. The highest BCUT2D eigenvalue weighted by molar-refractivity contribution is 5.84. The van der Waals surface area contributed by atoms with Gasteiger partial charge >= 0.3 is 0 Å². The van der Waals surface area contributed by atoms with Crippen LogP contribution in [-0.2, 0) is 27.4 Å². The third kappa shape index (κ3) is 11.1. The number of rotatable bonds is 17. The van der Waals surface area contributed by atoms with Gasteiger partial charge in [-0.05, 0) is 30.5 Å². The topological polar surface area (TPSA) is 66.2 Å². The molecule has 1 aliphatic rings. The predicted octanol–water partition coefficient (Wildman–Crippen LogP) is 5.11. The van der Waals surface area contributed by atoms with Gasteiger partial charge in [0.1, 0.15) is 5.76 Å². The molecule has 7 nitrogen and oxygen atoms in total. The molecule has 2 heterocycles. The fraction of sp³-hybridized carbons (Fsp3) is 0.600. The van der Waals surface area contributed by atoms with Crippen LogP contribution in [0, 0.1) is 0 Å². The van der Waals surface area contributed by atoms with Gasteiger partial charge in [0.25, 0.3) is 0 Å². The number of unbranched alkanes of at least 4 members (excludes halogenated alkanes) is 5. The molecular formula is C30H45N3O4. The molecule has 0 bridgehead atoms. The highest BCUT2D eigenvalue weighted by atomic mass is 16.5. The molecule has 2 aromatic rings. The predicted molar refractivity (Wildman–Crippen MR) is 146 cm³/mol. The Morgan fingerprint density at radius 3 is 2.32 bits per heavy atom. The molecule has 3 rings (SSSR count). The molecule has 204 valence electrons. The van der Waals surface area contributed by atoms with Gasteiger partial charge in [-0.15, -0.1) is 0 Å². The van der Waals surface area contributed by atoms with Crippen molar-refractivity contribution in [1.29, 1.82) is 0 Å². The standard InChI is InChI=1S/C30H45N3O4/c1-2-3-4-5-6-10-16-29(34)32(18-12-17-31-19-22-36-23-20-31)26-30(35)33(25-28-15-11-21-37-28)24-27-13-8-7-9-14-27/h7-9,11,13-15,21H,2-6,10,12,16-20,22-26H2,1H3. The Morgan fingerprint density at radius 1 is 0.838 bits per heavy atom. The van der Waals surface area contributed by atoms with Crippen molar-refractivity contribution in [3.63, 3.8) is 0 Å². The molecule has 0 atom stereocenters. The summed E-state index contributed by atoms with van der Waals surface area (Å²) in [7, 11) is 0. The monoisotopic (exact) mass is 511 g/mol. The average Bonchev–Trinajstić information content (AvgIpc) is 3.44. The third-order valence-electron chi connectivity index (χ3n) is 6.92. The number of amides is 2. The number of benzene rings is 1. The second kappa shape index (κ2) is 17.0. The van der Waals surface area contributed by atoms with E-state index in [0.29, 0.717) is 26.1 Å². The number of ether oxygens (including phenoxy) is 1. The molecule has 1 aliphatic heterocycles. The van der Waals surface area contributed by atoms with Gasteiger partial charge in [0.15, 0.2) is 0 Å². The summed E-state index contributed by atoms with van der Waals surface area (Å²) in [6, 6.07) is 13.7. The molecule has 0 radical (unpaired) electrons. The zero-order chi connectivity index (χ0) is 26.1. The molecule has 0 aliphatic carbocycles. The average molecular weight is 512 g/mol. The quantitative estimate of drug-likeness (QED) is 0.276. The molecule has 1 saturated heterocycles. The molecule has 37 heavy (non-hydrogen) atoms. The van der Waals surface area contributed by atoms with Crippen molar-refractivity contribution in [2.24, 2.45) is 0 Å². The molecule has 1 fully saturated rings. The summed E-state index contributed by atoms with van der Waals surface area (Å²) in [6.07, 6.45) is 9.82. The van der Waals surface area contributed by atoms with E-state index in [1.165, 1.54) is 25.7 Å². The number of carbonyl (C=O) groups excluding carboxylic acids is 2. The second-order valence-corrected chi connectivity index (χ2v) is 9.96. The summed E-state index contributed by atoms with van der Waals surface area (Å²) >= 11 is 0. The van der Waals surface area contributed by atoms with Crippen LogP contribution in [0.15, 0.2) is 53.1 Å². The number of carbonyl (C=O) groups is 2. The lowest BCUT2D eigenvalue weighted by molar-refractivity contribution is -0.141. The smallest absolute Gasteiger partial charge is 0.242 e. The van der Waals surface area contributed by atoms with Gasteiger partial charge in [0.2, 0.25) is 11.8 Å². The minimum Gasteiger partial charge on any atom is -0.467 e. The summed E-state index contributed by atoms with van der Waals surface area (Å²) < 4.78 is 11.0. The first-order valence-electron chi connectivity index (χ1n) is 14.1. The minimum absolute atomic E-state index is 0.0529. The van der Waals surface area contributed by atoms with Gasteiger partial charge in [-0.25, -0.2) is 0 Å². The van der Waals surface area contributed by atoms with E-state index >= 15 is 0 Å². The van der Waals surface area contributed by atoms with Crippen LogP contribution in [0.25, 0.3) is 0 Å². The number of furan rings is 1. The molecule has 0 N–H and O–H groups in total. The van der Waals surface area contributed by atoms with Crippen LogP contribution in [0.1, 0.15) is 69.6 Å². The molecule has 1 aromatic carbocycles. The van der Waals surface area contributed by atoms with Crippen molar-refractivity contribution in [2.45, 2.75) is 71.4 Å². The van der Waals surface area contributed by atoms with Gasteiger partial charge in [-0.2, -0.15) is 0 Å². The van der Waals surface area contributed by atoms with E-state index in [-0.39, 0.29) is 18.4 Å². The van der Waals surface area contributed by atoms with E-state index in [1.807, 2.05) is 42.5 Å². The first kappa shape index (κ1) is 28.9. The van der Waals surface area contributed by atoms with Crippen molar-refractivity contribution in [2.75, 3.05) is 45.9 Å². The summed E-state index contributed by atoms with van der Waals surface area (Å²) in [5, 5.41) is 0. The molecule has 0 saturated carbocycles. The fourth-order valence-corrected chi connectivity index (χ4v) is 4.71. The molecule has 2 amide bonds. The Morgan fingerprint density at radius 2 is 1.59 bits per heavy atom. The van der Waals surface area contributed by atoms with Crippen LogP contribution in [0.5, 0.6) is 0 Å². The van der Waals surface area contributed by atoms with E-state index in [9.17, 15) is 9.59 Å². The Balaban J connectivity index is 1.60. The van der Waals surface area contributed by atoms with Crippen LogP contribution in [-0.4, -0.2) is 72.5 Å². The van der Waals surface area contributed by atoms with Crippen molar-refractivity contribution in [3.05, 3.63) is 60.1 Å². The molecule has 7 heteroatoms. The maximum absolute atomic E-state index is 13.6. The number of nitrogens with zero attached hydrogens (tertiary/aromatic N) is 3. The van der Waals surface area contributed by atoms with Crippen LogP contribution in [0.2, 0.25) is 0 Å². The van der Waals surface area contributed by atoms with Gasteiger partial charge in [0, 0.05) is 39.1 Å². The Bertz CT molecular complexity index is 881. The maximum atomic E-state index is 13.6. The van der Waals surface area contributed by atoms with Crippen LogP contribution in [0.4, 0.5) is 0 Å². The van der Waals surface area contributed by atoms with Crippen LogP contribution < -0.4 is 0 Å². The van der Waals surface area contributed by atoms with Gasteiger partial charge in [0.05, 0.1) is 32.6 Å². The highest BCUT2D eigenvalue weighted by Crippen LogP contribution is 2.14. The molecular weight excluding hydrogens is 466 g/mol. The van der Waals surface area contributed by atoms with Gasteiger partial charge in [-0.3, -0.25) is 14.5 Å². The van der Waals surface area contributed by atoms with Crippen molar-refractivity contribution in [3.8, 4) is 0 Å². The van der Waals surface area contributed by atoms with Gasteiger partial charge < -0.3 is 19.0 Å². The lowest BCUT2D eigenvalue weighted by Crippen LogP contribution is -2.44. The number of hydrogen-bond acceptors (Lipinski definition) is 5. The molecule has 0 unspecified atom stereocenters. The van der Waals surface area contributed by atoms with E-state index in [1.54, 1.807) is 16.1 Å².